The van der Waals surface area contributed by atoms with Gasteiger partial charge in [0.05, 0.1) is 12.7 Å². The molecule has 2 heterocycles. The minimum atomic E-state index is -0.534. The van der Waals surface area contributed by atoms with Crippen molar-refractivity contribution in [3.8, 4) is 0 Å². The normalized spacial score (nSPS) is 31.5. The highest BCUT2D eigenvalue weighted by Gasteiger charge is 2.49. The molecule has 0 aromatic heterocycles. The van der Waals surface area contributed by atoms with Gasteiger partial charge in [-0.3, -0.25) is 4.79 Å². The Morgan fingerprint density at radius 2 is 2.04 bits per heavy atom. The molecule has 3 atom stereocenters. The van der Waals surface area contributed by atoms with E-state index in [0.29, 0.717) is 44.5 Å². The van der Waals surface area contributed by atoms with E-state index in [9.17, 15) is 13.6 Å². The van der Waals surface area contributed by atoms with Crippen LogP contribution in [0.3, 0.4) is 0 Å². The number of hydrogen-bond donors (Lipinski definition) is 0. The van der Waals surface area contributed by atoms with Crippen LogP contribution in [0.2, 0.25) is 0 Å². The molecule has 1 aliphatic carbocycles. The fraction of sp³-hybridized carbons (Fsp3) is 0.611. The number of amides is 1. The molecule has 0 bridgehead atoms. The minimum absolute atomic E-state index is 0.0320. The highest BCUT2D eigenvalue weighted by Crippen LogP contribution is 2.50. The fourth-order valence-electron chi connectivity index (χ4n) is 3.88. The number of likely N-dealkylation sites (tertiary alicyclic amines) is 1. The standard InChI is InChI=1S/C18H21F2NO3/c1-11-10-23-18(24-11)4-6-21(7-5-18)17(22)15-9-13(15)14-8-12(19)2-3-16(14)20/h2-3,8,11,13,15H,4-7,9-10H2,1H3/t11-,13+,15-/m1/s1. The quantitative estimate of drug-likeness (QED) is 0.833. The van der Waals surface area contributed by atoms with Gasteiger partial charge in [-0.2, -0.15) is 0 Å². The lowest BCUT2D eigenvalue weighted by Gasteiger charge is -2.38. The van der Waals surface area contributed by atoms with Gasteiger partial charge < -0.3 is 14.4 Å². The van der Waals surface area contributed by atoms with E-state index in [4.69, 9.17) is 9.47 Å². The molecule has 0 N–H and O–H groups in total. The number of benzene rings is 1. The lowest BCUT2D eigenvalue weighted by atomic mass is 10.0. The lowest BCUT2D eigenvalue weighted by molar-refractivity contribution is -0.195. The Balaban J connectivity index is 1.37. The first-order chi connectivity index (χ1) is 11.5. The van der Waals surface area contributed by atoms with Crippen molar-refractivity contribution in [1.29, 1.82) is 0 Å². The van der Waals surface area contributed by atoms with E-state index < -0.39 is 17.4 Å². The summed E-state index contributed by atoms with van der Waals surface area (Å²) in [7, 11) is 0. The van der Waals surface area contributed by atoms with Gasteiger partial charge in [0, 0.05) is 31.8 Å². The number of carbonyl (C=O) groups is 1. The predicted octanol–water partition coefficient (Wildman–Crippen LogP) is 2.82. The Morgan fingerprint density at radius 3 is 2.71 bits per heavy atom. The SMILES string of the molecule is C[C@@H]1COC2(CCN(C(=O)[C@@H]3C[C@H]3c3cc(F)ccc3F)CC2)O1. The van der Waals surface area contributed by atoms with Crippen molar-refractivity contribution in [3.05, 3.63) is 35.4 Å². The Hall–Kier alpha value is -1.53. The highest BCUT2D eigenvalue weighted by atomic mass is 19.1. The Morgan fingerprint density at radius 1 is 1.29 bits per heavy atom. The Kier molecular flexibility index (Phi) is 3.84. The van der Waals surface area contributed by atoms with Gasteiger partial charge in [-0.15, -0.1) is 0 Å². The molecule has 4 nitrogen and oxygen atoms in total. The van der Waals surface area contributed by atoms with Crippen molar-refractivity contribution >= 4 is 5.91 Å². The number of rotatable bonds is 2. The maximum Gasteiger partial charge on any atom is 0.226 e. The van der Waals surface area contributed by atoms with Gasteiger partial charge in [0.2, 0.25) is 5.91 Å². The molecule has 0 radical (unpaired) electrons. The van der Waals surface area contributed by atoms with Gasteiger partial charge in [0.1, 0.15) is 11.6 Å². The topological polar surface area (TPSA) is 38.8 Å². The summed E-state index contributed by atoms with van der Waals surface area (Å²) in [6.07, 6.45) is 2.00. The molecule has 130 valence electrons. The highest BCUT2D eigenvalue weighted by molar-refractivity contribution is 5.83. The monoisotopic (exact) mass is 337 g/mol. The molecule has 24 heavy (non-hydrogen) atoms. The molecule has 2 saturated heterocycles. The van der Waals surface area contributed by atoms with Crippen molar-refractivity contribution in [2.45, 2.75) is 44.0 Å². The molecular weight excluding hydrogens is 316 g/mol. The molecule has 1 amide bonds. The van der Waals surface area contributed by atoms with Gasteiger partial charge in [-0.1, -0.05) is 0 Å². The second kappa shape index (κ2) is 5.77. The van der Waals surface area contributed by atoms with Crippen LogP contribution in [0.4, 0.5) is 8.78 Å². The third-order valence-electron chi connectivity index (χ3n) is 5.30. The van der Waals surface area contributed by atoms with Crippen molar-refractivity contribution in [3.63, 3.8) is 0 Å². The minimum Gasteiger partial charge on any atom is -0.347 e. The number of nitrogens with zero attached hydrogens (tertiary/aromatic N) is 1. The summed E-state index contributed by atoms with van der Waals surface area (Å²) in [5.41, 5.74) is 0.318. The maximum absolute atomic E-state index is 13.9. The molecule has 2 aliphatic heterocycles. The molecule has 4 rings (SSSR count). The van der Waals surface area contributed by atoms with Crippen LogP contribution in [-0.2, 0) is 14.3 Å². The Bertz CT molecular complexity index is 658. The van der Waals surface area contributed by atoms with Crippen LogP contribution in [0.5, 0.6) is 0 Å². The van der Waals surface area contributed by atoms with E-state index in [0.717, 1.165) is 12.1 Å². The van der Waals surface area contributed by atoms with Crippen LogP contribution in [0.25, 0.3) is 0 Å². The van der Waals surface area contributed by atoms with E-state index in [1.165, 1.54) is 6.07 Å². The second-order valence-electron chi connectivity index (χ2n) is 7.09. The smallest absolute Gasteiger partial charge is 0.226 e. The number of hydrogen-bond acceptors (Lipinski definition) is 3. The third-order valence-corrected chi connectivity index (χ3v) is 5.30. The summed E-state index contributed by atoms with van der Waals surface area (Å²) in [4.78, 5) is 14.4. The number of halogens is 2. The zero-order valence-corrected chi connectivity index (χ0v) is 13.6. The molecule has 6 heteroatoms. The first kappa shape index (κ1) is 16.0. The van der Waals surface area contributed by atoms with Crippen LogP contribution in [0.1, 0.15) is 37.7 Å². The van der Waals surface area contributed by atoms with Crippen LogP contribution in [-0.4, -0.2) is 42.4 Å². The molecule has 1 aromatic carbocycles. The van der Waals surface area contributed by atoms with E-state index >= 15 is 0 Å². The van der Waals surface area contributed by atoms with E-state index in [1.54, 1.807) is 0 Å². The lowest BCUT2D eigenvalue weighted by Crippen LogP contribution is -2.48. The second-order valence-corrected chi connectivity index (χ2v) is 7.09. The van der Waals surface area contributed by atoms with Gasteiger partial charge in [-0.25, -0.2) is 8.78 Å². The first-order valence-electron chi connectivity index (χ1n) is 8.53. The summed E-state index contributed by atoms with van der Waals surface area (Å²) < 4.78 is 38.8. The molecule has 1 spiro atoms. The van der Waals surface area contributed by atoms with Crippen molar-refractivity contribution in [2.24, 2.45) is 5.92 Å². The number of carbonyl (C=O) groups excluding carboxylic acids is 1. The molecule has 1 aromatic rings. The van der Waals surface area contributed by atoms with Gasteiger partial charge in [0.25, 0.3) is 0 Å². The average Bonchev–Trinajstić information content (AvgIpc) is 3.28. The maximum atomic E-state index is 13.9. The molecule has 3 aliphatic rings. The molecule has 0 unspecified atom stereocenters. The number of piperidine rings is 1. The van der Waals surface area contributed by atoms with Crippen LogP contribution in [0, 0.1) is 17.6 Å². The van der Waals surface area contributed by atoms with Gasteiger partial charge >= 0.3 is 0 Å². The van der Waals surface area contributed by atoms with Gasteiger partial charge in [-0.05, 0) is 43.0 Å². The number of ether oxygens (including phenoxy) is 2. The van der Waals surface area contributed by atoms with Crippen LogP contribution in [0.15, 0.2) is 18.2 Å². The fourth-order valence-corrected chi connectivity index (χ4v) is 3.88. The summed E-state index contributed by atoms with van der Waals surface area (Å²) in [6.45, 7) is 3.74. The van der Waals surface area contributed by atoms with E-state index in [1.807, 2.05) is 11.8 Å². The first-order valence-corrected chi connectivity index (χ1v) is 8.53. The zero-order valence-electron chi connectivity index (χ0n) is 13.6. The molecular formula is C18H21F2NO3. The summed E-state index contributed by atoms with van der Waals surface area (Å²) in [5, 5.41) is 0. The Labute approximate surface area is 139 Å². The molecule has 3 fully saturated rings. The summed E-state index contributed by atoms with van der Waals surface area (Å²) >= 11 is 0. The van der Waals surface area contributed by atoms with Crippen molar-refractivity contribution in [1.82, 2.24) is 4.90 Å². The van der Waals surface area contributed by atoms with Crippen LogP contribution >= 0.6 is 0 Å². The van der Waals surface area contributed by atoms with E-state index in [-0.39, 0.29) is 23.8 Å². The average molecular weight is 337 g/mol. The molecule has 1 saturated carbocycles. The summed E-state index contributed by atoms with van der Waals surface area (Å²) in [6, 6.07) is 3.44. The predicted molar refractivity (Wildman–Crippen MR) is 82.3 cm³/mol. The summed E-state index contributed by atoms with van der Waals surface area (Å²) in [5.74, 6) is -1.84. The van der Waals surface area contributed by atoms with Crippen LogP contribution < -0.4 is 0 Å². The zero-order chi connectivity index (χ0) is 16.9. The third kappa shape index (κ3) is 2.82. The van der Waals surface area contributed by atoms with Crippen molar-refractivity contribution < 1.29 is 23.0 Å². The largest absolute Gasteiger partial charge is 0.347 e. The van der Waals surface area contributed by atoms with E-state index in [2.05, 4.69) is 0 Å². The van der Waals surface area contributed by atoms with Gasteiger partial charge in [0.15, 0.2) is 5.79 Å². The van der Waals surface area contributed by atoms with Crippen molar-refractivity contribution in [2.75, 3.05) is 19.7 Å².